The van der Waals surface area contributed by atoms with E-state index in [1.165, 1.54) is 0 Å². The van der Waals surface area contributed by atoms with Crippen molar-refractivity contribution < 1.29 is 0 Å². The van der Waals surface area contributed by atoms with Gasteiger partial charge < -0.3 is 11.1 Å². The molecular formula is C7H16N3. The molecule has 0 aliphatic carbocycles. The van der Waals surface area contributed by atoms with Crippen molar-refractivity contribution >= 4 is 0 Å². The van der Waals surface area contributed by atoms with Crippen molar-refractivity contribution in [3.05, 3.63) is 0 Å². The van der Waals surface area contributed by atoms with Crippen LogP contribution in [0.2, 0.25) is 0 Å². The summed E-state index contributed by atoms with van der Waals surface area (Å²) in [5.74, 6) is 0. The number of nitrogens with zero attached hydrogens (tertiary/aromatic N) is 1. The van der Waals surface area contributed by atoms with Crippen molar-refractivity contribution in [3.63, 3.8) is 0 Å². The lowest BCUT2D eigenvalue weighted by molar-refractivity contribution is 0.494. The zero-order valence-corrected chi connectivity index (χ0v) is 6.34. The number of nitrogens with one attached hydrogen (secondary N) is 1. The minimum atomic E-state index is 0.622. The van der Waals surface area contributed by atoms with E-state index in [4.69, 9.17) is 5.73 Å². The van der Waals surface area contributed by atoms with Crippen LogP contribution in [0.25, 0.3) is 0 Å². The van der Waals surface area contributed by atoms with Crippen LogP contribution >= 0.6 is 0 Å². The Balaban J connectivity index is 2.15. The monoisotopic (exact) mass is 142 g/mol. The van der Waals surface area contributed by atoms with Gasteiger partial charge in [0.2, 0.25) is 0 Å². The van der Waals surface area contributed by atoms with Crippen LogP contribution < -0.4 is 16.4 Å². The van der Waals surface area contributed by atoms with Gasteiger partial charge in [-0.1, -0.05) is 0 Å². The highest BCUT2D eigenvalue weighted by Crippen LogP contribution is 1.97. The van der Waals surface area contributed by atoms with Crippen LogP contribution in [0.15, 0.2) is 0 Å². The van der Waals surface area contributed by atoms with Crippen LogP contribution in [-0.4, -0.2) is 32.2 Å². The van der Waals surface area contributed by atoms with Gasteiger partial charge in [-0.3, -0.25) is 0 Å². The third-order valence-corrected chi connectivity index (χ3v) is 1.85. The summed E-state index contributed by atoms with van der Waals surface area (Å²) >= 11 is 0. The molecule has 1 aliphatic rings. The topological polar surface area (TPSA) is 52.2 Å². The Bertz CT molecular complexity index is 76.9. The van der Waals surface area contributed by atoms with Crippen molar-refractivity contribution in [2.45, 2.75) is 18.9 Å². The molecule has 1 fully saturated rings. The van der Waals surface area contributed by atoms with Crippen LogP contribution in [0.5, 0.6) is 0 Å². The van der Waals surface area contributed by atoms with Crippen molar-refractivity contribution in [1.82, 2.24) is 10.6 Å². The third-order valence-electron chi connectivity index (χ3n) is 1.85. The van der Waals surface area contributed by atoms with Crippen molar-refractivity contribution in [3.8, 4) is 0 Å². The van der Waals surface area contributed by atoms with Crippen molar-refractivity contribution in [2.75, 3.05) is 26.2 Å². The predicted molar refractivity (Wildman–Crippen MR) is 41.9 cm³/mol. The fourth-order valence-electron chi connectivity index (χ4n) is 1.26. The fourth-order valence-corrected chi connectivity index (χ4v) is 1.26. The van der Waals surface area contributed by atoms with Crippen LogP contribution in [0.4, 0.5) is 0 Å². The first kappa shape index (κ1) is 7.98. The number of hydrogen-bond donors (Lipinski definition) is 2. The number of hydrogen-bond acceptors (Lipinski definition) is 2. The summed E-state index contributed by atoms with van der Waals surface area (Å²) in [4.78, 5) is 0. The Morgan fingerprint density at radius 1 is 1.50 bits per heavy atom. The zero-order valence-electron chi connectivity index (χ0n) is 6.34. The van der Waals surface area contributed by atoms with E-state index in [0.29, 0.717) is 6.04 Å². The lowest BCUT2D eigenvalue weighted by Gasteiger charge is -2.12. The molecule has 0 aromatic rings. The molecule has 0 amide bonds. The molecule has 1 rings (SSSR count). The number of rotatable bonds is 2. The van der Waals surface area contributed by atoms with Gasteiger partial charge in [0.05, 0.1) is 0 Å². The Labute approximate surface area is 62.4 Å². The average molecular weight is 142 g/mol. The minimum Gasteiger partial charge on any atom is -0.330 e. The molecule has 59 valence electrons. The first-order valence-corrected chi connectivity index (χ1v) is 4.00. The van der Waals surface area contributed by atoms with Crippen molar-refractivity contribution in [2.24, 2.45) is 5.73 Å². The van der Waals surface area contributed by atoms with E-state index in [1.54, 1.807) is 0 Å². The van der Waals surface area contributed by atoms with E-state index in [1.807, 2.05) is 0 Å². The van der Waals surface area contributed by atoms with Crippen LogP contribution in [0.3, 0.4) is 0 Å². The molecule has 0 saturated carbocycles. The highest BCUT2D eigenvalue weighted by molar-refractivity contribution is 4.72. The Morgan fingerprint density at radius 2 is 2.40 bits per heavy atom. The first-order valence-electron chi connectivity index (χ1n) is 4.00. The van der Waals surface area contributed by atoms with Crippen LogP contribution in [0.1, 0.15) is 12.8 Å². The molecule has 1 heterocycles. The van der Waals surface area contributed by atoms with Gasteiger partial charge in [0.1, 0.15) is 0 Å². The van der Waals surface area contributed by atoms with Gasteiger partial charge in [0, 0.05) is 25.7 Å². The number of nitrogens with two attached hydrogens (primary N) is 1. The summed E-state index contributed by atoms with van der Waals surface area (Å²) in [6, 6.07) is 0.622. The normalized spacial score (nSPS) is 27.9. The standard InChI is InChI=1S/C7H16N3/c8-3-1-7-2-4-9-5-6-10-7/h7,10H,1-6,8H2. The molecule has 0 aromatic carbocycles. The molecule has 3 heteroatoms. The molecule has 3 nitrogen and oxygen atoms in total. The molecule has 0 bridgehead atoms. The Morgan fingerprint density at radius 3 is 3.20 bits per heavy atom. The quantitative estimate of drug-likeness (QED) is 0.536. The Kier molecular flexibility index (Phi) is 3.72. The molecule has 1 radical (unpaired) electrons. The van der Waals surface area contributed by atoms with E-state index in [-0.39, 0.29) is 0 Å². The maximum Gasteiger partial charge on any atom is 0.0258 e. The second-order valence-electron chi connectivity index (χ2n) is 2.69. The molecule has 0 spiro atoms. The van der Waals surface area contributed by atoms with Crippen LogP contribution in [-0.2, 0) is 0 Å². The maximum atomic E-state index is 5.44. The van der Waals surface area contributed by atoms with Crippen LogP contribution in [0, 0.1) is 0 Å². The van der Waals surface area contributed by atoms with E-state index in [2.05, 4.69) is 10.6 Å². The van der Waals surface area contributed by atoms with Gasteiger partial charge in [-0.2, -0.15) is 0 Å². The fraction of sp³-hybridized carbons (Fsp3) is 1.00. The zero-order chi connectivity index (χ0) is 7.23. The second-order valence-corrected chi connectivity index (χ2v) is 2.69. The molecule has 1 unspecified atom stereocenters. The van der Waals surface area contributed by atoms with E-state index < -0.39 is 0 Å². The first-order chi connectivity index (χ1) is 4.93. The lowest BCUT2D eigenvalue weighted by Crippen LogP contribution is -2.31. The van der Waals surface area contributed by atoms with E-state index >= 15 is 0 Å². The van der Waals surface area contributed by atoms with Gasteiger partial charge in [-0.05, 0) is 19.4 Å². The third kappa shape index (κ3) is 2.64. The van der Waals surface area contributed by atoms with E-state index in [0.717, 1.165) is 39.0 Å². The molecule has 10 heavy (non-hydrogen) atoms. The summed E-state index contributed by atoms with van der Waals surface area (Å²) in [5.41, 5.74) is 5.44. The molecular weight excluding hydrogens is 126 g/mol. The summed E-state index contributed by atoms with van der Waals surface area (Å²) in [6.45, 7) is 3.81. The largest absolute Gasteiger partial charge is 0.330 e. The smallest absolute Gasteiger partial charge is 0.0258 e. The maximum absolute atomic E-state index is 5.44. The second kappa shape index (κ2) is 4.66. The van der Waals surface area contributed by atoms with Gasteiger partial charge >= 0.3 is 0 Å². The summed E-state index contributed by atoms with van der Waals surface area (Å²) in [6.07, 6.45) is 2.26. The molecule has 3 N–H and O–H groups in total. The van der Waals surface area contributed by atoms with Gasteiger partial charge in [-0.15, -0.1) is 0 Å². The molecule has 1 atom stereocenters. The van der Waals surface area contributed by atoms with Gasteiger partial charge in [0.15, 0.2) is 0 Å². The minimum absolute atomic E-state index is 0.622. The van der Waals surface area contributed by atoms with Gasteiger partial charge in [0.25, 0.3) is 0 Å². The summed E-state index contributed by atoms with van der Waals surface area (Å²) < 4.78 is 0. The average Bonchev–Trinajstić information content (AvgIpc) is 2.17. The molecule has 0 aromatic heterocycles. The van der Waals surface area contributed by atoms with Crippen molar-refractivity contribution in [1.29, 1.82) is 0 Å². The summed E-state index contributed by atoms with van der Waals surface area (Å²) in [7, 11) is 0. The SMILES string of the molecule is NCCC1CC[N]CCN1. The predicted octanol–water partition coefficient (Wildman–Crippen LogP) is -0.698. The van der Waals surface area contributed by atoms with E-state index in [9.17, 15) is 0 Å². The molecule has 1 saturated heterocycles. The molecule has 1 aliphatic heterocycles. The Hall–Kier alpha value is -0.120. The lowest BCUT2D eigenvalue weighted by atomic mass is 10.1. The highest BCUT2D eigenvalue weighted by Gasteiger charge is 2.09. The summed E-state index contributed by atoms with van der Waals surface area (Å²) in [5, 5.41) is 7.71. The highest BCUT2D eigenvalue weighted by atomic mass is 15.0. The van der Waals surface area contributed by atoms with Gasteiger partial charge in [-0.25, -0.2) is 5.32 Å².